The van der Waals surface area contributed by atoms with Gasteiger partial charge in [-0.2, -0.15) is 0 Å². The zero-order valence-corrected chi connectivity index (χ0v) is 15.0. The highest BCUT2D eigenvalue weighted by atomic mass is 16.5. The van der Waals surface area contributed by atoms with Crippen LogP contribution in [0.25, 0.3) is 0 Å². The fraction of sp³-hybridized carbons (Fsp3) is 0.421. The molecule has 0 radical (unpaired) electrons. The molecule has 2 aromatic rings. The number of ether oxygens (including phenoxy) is 1. The van der Waals surface area contributed by atoms with E-state index in [4.69, 9.17) is 4.74 Å². The second-order valence-corrected chi connectivity index (χ2v) is 6.47. The van der Waals surface area contributed by atoms with Crippen LogP contribution in [-0.4, -0.2) is 45.6 Å². The maximum Gasteiger partial charge on any atom is 0.274 e. The number of benzene rings is 1. The molecule has 0 aliphatic carbocycles. The maximum atomic E-state index is 13.1. The smallest absolute Gasteiger partial charge is 0.274 e. The van der Waals surface area contributed by atoms with Gasteiger partial charge in [0.25, 0.3) is 5.91 Å². The molecule has 132 valence electrons. The molecule has 1 aliphatic rings. The van der Waals surface area contributed by atoms with Crippen LogP contribution in [0.15, 0.2) is 24.3 Å². The van der Waals surface area contributed by atoms with Crippen molar-refractivity contribution in [3.63, 3.8) is 0 Å². The van der Waals surface area contributed by atoms with E-state index in [1.54, 1.807) is 18.9 Å². The molecule has 0 spiro atoms. The van der Waals surface area contributed by atoms with E-state index in [-0.39, 0.29) is 18.5 Å². The molecule has 1 N–H and O–H groups in total. The van der Waals surface area contributed by atoms with Gasteiger partial charge in [-0.1, -0.05) is 12.1 Å². The number of aryl methyl sites for hydroxylation is 3. The Morgan fingerprint density at radius 2 is 1.92 bits per heavy atom. The third kappa shape index (κ3) is 3.35. The number of aliphatic hydroxyl groups excluding tert-OH is 1. The normalized spacial score (nSPS) is 20.0. The van der Waals surface area contributed by atoms with E-state index in [2.05, 4.69) is 9.97 Å². The molecule has 1 saturated heterocycles. The SMILES string of the molecule is COc1cccc([C@@H]2C[C@@H](O)CN2C(=O)c2nc(C)c(C)nc2C)c1. The number of carbonyl (C=O) groups is 1. The minimum atomic E-state index is -0.556. The van der Waals surface area contributed by atoms with Crippen LogP contribution >= 0.6 is 0 Å². The third-order valence-corrected chi connectivity index (χ3v) is 4.70. The zero-order chi connectivity index (χ0) is 18.1. The lowest BCUT2D eigenvalue weighted by molar-refractivity contribution is 0.0708. The van der Waals surface area contributed by atoms with Gasteiger partial charge in [-0.25, -0.2) is 4.98 Å². The Labute approximate surface area is 147 Å². The monoisotopic (exact) mass is 341 g/mol. The molecule has 0 unspecified atom stereocenters. The number of amides is 1. The number of likely N-dealkylation sites (tertiary alicyclic amines) is 1. The van der Waals surface area contributed by atoms with Gasteiger partial charge in [-0.3, -0.25) is 9.78 Å². The lowest BCUT2D eigenvalue weighted by atomic mass is 10.0. The van der Waals surface area contributed by atoms with Crippen molar-refractivity contribution in [2.75, 3.05) is 13.7 Å². The average Bonchev–Trinajstić information content (AvgIpc) is 2.99. The highest BCUT2D eigenvalue weighted by molar-refractivity contribution is 5.94. The summed E-state index contributed by atoms with van der Waals surface area (Å²) < 4.78 is 5.28. The highest BCUT2D eigenvalue weighted by Gasteiger charge is 2.37. The standard InChI is InChI=1S/C19H23N3O3/c1-11-12(2)21-18(13(3)20-11)19(24)22-10-15(23)9-17(22)14-6-5-7-16(8-14)25-4/h5-8,15,17,23H,9-10H2,1-4H3/t15-,17+/m1/s1. The number of aliphatic hydroxyl groups is 1. The molecular weight excluding hydrogens is 318 g/mol. The van der Waals surface area contributed by atoms with Gasteiger partial charge in [-0.05, 0) is 44.9 Å². The summed E-state index contributed by atoms with van der Waals surface area (Å²) in [5.41, 5.74) is 3.47. The Balaban J connectivity index is 1.96. The molecular formula is C19H23N3O3. The quantitative estimate of drug-likeness (QED) is 0.927. The van der Waals surface area contributed by atoms with Gasteiger partial charge in [0.2, 0.25) is 0 Å². The molecule has 1 aromatic heterocycles. The average molecular weight is 341 g/mol. The predicted octanol–water partition coefficient (Wildman–Crippen LogP) is 2.36. The Kier molecular flexibility index (Phi) is 4.72. The van der Waals surface area contributed by atoms with E-state index in [1.807, 2.05) is 38.1 Å². The van der Waals surface area contributed by atoms with Gasteiger partial charge >= 0.3 is 0 Å². The van der Waals surface area contributed by atoms with Crippen molar-refractivity contribution < 1.29 is 14.6 Å². The minimum absolute atomic E-state index is 0.197. The number of carbonyl (C=O) groups excluding carboxylic acids is 1. The number of nitrogens with zero attached hydrogens (tertiary/aromatic N) is 3. The van der Waals surface area contributed by atoms with E-state index in [0.717, 1.165) is 22.7 Å². The Morgan fingerprint density at radius 1 is 1.20 bits per heavy atom. The minimum Gasteiger partial charge on any atom is -0.497 e. The van der Waals surface area contributed by atoms with Crippen LogP contribution in [0.1, 0.15) is 45.6 Å². The molecule has 1 aromatic carbocycles. The van der Waals surface area contributed by atoms with Gasteiger partial charge in [0.05, 0.1) is 36.3 Å². The maximum absolute atomic E-state index is 13.1. The summed E-state index contributed by atoms with van der Waals surface area (Å²) in [5, 5.41) is 10.2. The molecule has 2 atom stereocenters. The number of aromatic nitrogens is 2. The summed E-state index contributed by atoms with van der Waals surface area (Å²) in [4.78, 5) is 23.6. The van der Waals surface area contributed by atoms with Gasteiger partial charge in [-0.15, -0.1) is 0 Å². The van der Waals surface area contributed by atoms with E-state index >= 15 is 0 Å². The van der Waals surface area contributed by atoms with E-state index in [9.17, 15) is 9.90 Å². The van der Waals surface area contributed by atoms with Gasteiger partial charge in [0, 0.05) is 6.54 Å². The highest BCUT2D eigenvalue weighted by Crippen LogP contribution is 2.34. The van der Waals surface area contributed by atoms with Crippen LogP contribution in [0.3, 0.4) is 0 Å². The van der Waals surface area contributed by atoms with Crippen LogP contribution < -0.4 is 4.74 Å². The fourth-order valence-corrected chi connectivity index (χ4v) is 3.26. The lowest BCUT2D eigenvalue weighted by Crippen LogP contribution is -2.33. The van der Waals surface area contributed by atoms with Gasteiger partial charge < -0.3 is 14.7 Å². The third-order valence-electron chi connectivity index (χ3n) is 4.70. The van der Waals surface area contributed by atoms with Gasteiger partial charge in [0.15, 0.2) is 0 Å². The Morgan fingerprint density at radius 3 is 2.64 bits per heavy atom. The first-order valence-corrected chi connectivity index (χ1v) is 8.35. The molecule has 6 heteroatoms. The molecule has 0 bridgehead atoms. The first kappa shape index (κ1) is 17.4. The second kappa shape index (κ2) is 6.80. The van der Waals surface area contributed by atoms with E-state index in [1.165, 1.54) is 0 Å². The summed E-state index contributed by atoms with van der Waals surface area (Å²) in [6, 6.07) is 7.40. The number of hydrogen-bond donors (Lipinski definition) is 1. The summed E-state index contributed by atoms with van der Waals surface area (Å²) in [6.45, 7) is 5.80. The number of β-amino-alcohol motifs (C(OH)–C–C–N with tert-alkyl or cyclic N) is 1. The largest absolute Gasteiger partial charge is 0.497 e. The summed E-state index contributed by atoms with van der Waals surface area (Å²) in [7, 11) is 1.61. The van der Waals surface area contributed by atoms with Crippen LogP contribution in [-0.2, 0) is 0 Å². The van der Waals surface area contributed by atoms with Crippen molar-refractivity contribution in [2.24, 2.45) is 0 Å². The molecule has 1 fully saturated rings. The van der Waals surface area contributed by atoms with Crippen molar-refractivity contribution in [3.8, 4) is 5.75 Å². The number of rotatable bonds is 3. The molecule has 1 aliphatic heterocycles. The molecule has 3 rings (SSSR count). The van der Waals surface area contributed by atoms with Gasteiger partial charge in [0.1, 0.15) is 11.4 Å². The molecule has 6 nitrogen and oxygen atoms in total. The Hall–Kier alpha value is -2.47. The summed E-state index contributed by atoms with van der Waals surface area (Å²) in [6.07, 6.45) is -0.0593. The number of methoxy groups -OCH3 is 1. The summed E-state index contributed by atoms with van der Waals surface area (Å²) in [5.74, 6) is 0.533. The number of hydrogen-bond acceptors (Lipinski definition) is 5. The molecule has 0 saturated carbocycles. The van der Waals surface area contributed by atoms with Crippen LogP contribution in [0.5, 0.6) is 5.75 Å². The van der Waals surface area contributed by atoms with Crippen LogP contribution in [0.4, 0.5) is 0 Å². The predicted molar refractivity (Wildman–Crippen MR) is 93.6 cm³/mol. The van der Waals surface area contributed by atoms with Crippen molar-refractivity contribution in [1.29, 1.82) is 0 Å². The van der Waals surface area contributed by atoms with E-state index in [0.29, 0.717) is 17.8 Å². The molecule has 2 heterocycles. The van der Waals surface area contributed by atoms with Crippen molar-refractivity contribution in [3.05, 3.63) is 52.6 Å². The molecule has 25 heavy (non-hydrogen) atoms. The fourth-order valence-electron chi connectivity index (χ4n) is 3.26. The summed E-state index contributed by atoms with van der Waals surface area (Å²) >= 11 is 0. The van der Waals surface area contributed by atoms with Crippen molar-refractivity contribution in [2.45, 2.75) is 39.3 Å². The van der Waals surface area contributed by atoms with Crippen molar-refractivity contribution in [1.82, 2.24) is 14.9 Å². The molecule has 1 amide bonds. The topological polar surface area (TPSA) is 75.6 Å². The van der Waals surface area contributed by atoms with Crippen LogP contribution in [0, 0.1) is 20.8 Å². The van der Waals surface area contributed by atoms with Crippen LogP contribution in [0.2, 0.25) is 0 Å². The Bertz CT molecular complexity index is 806. The first-order chi connectivity index (χ1) is 11.9. The second-order valence-electron chi connectivity index (χ2n) is 6.47. The lowest BCUT2D eigenvalue weighted by Gasteiger charge is -2.25. The van der Waals surface area contributed by atoms with E-state index < -0.39 is 6.10 Å². The zero-order valence-electron chi connectivity index (χ0n) is 15.0. The first-order valence-electron chi connectivity index (χ1n) is 8.35. The van der Waals surface area contributed by atoms with Crippen molar-refractivity contribution >= 4 is 5.91 Å².